The largest absolute Gasteiger partial charge is 0.448 e. The summed E-state index contributed by atoms with van der Waals surface area (Å²) in [5.74, 6) is 1.87. The maximum atomic E-state index is 5.93. The van der Waals surface area contributed by atoms with Crippen LogP contribution >= 0.6 is 11.6 Å². The molecule has 0 radical (unpaired) electrons. The molecular formula is C12H16ClNO. The Morgan fingerprint density at radius 3 is 2.93 bits per heavy atom. The van der Waals surface area contributed by atoms with E-state index in [0.717, 1.165) is 24.6 Å². The van der Waals surface area contributed by atoms with E-state index >= 15 is 0 Å². The first-order valence-electron chi connectivity index (χ1n) is 5.86. The minimum absolute atomic E-state index is 0.420. The van der Waals surface area contributed by atoms with Crippen LogP contribution in [0.4, 0.5) is 0 Å². The molecule has 0 aromatic carbocycles. The smallest absolute Gasteiger partial charge is 0.193 e. The van der Waals surface area contributed by atoms with Gasteiger partial charge in [0.25, 0.3) is 0 Å². The van der Waals surface area contributed by atoms with Crippen molar-refractivity contribution < 1.29 is 4.42 Å². The van der Waals surface area contributed by atoms with Crippen molar-refractivity contribution in [1.29, 1.82) is 0 Å². The lowest BCUT2D eigenvalue weighted by molar-refractivity contribution is 0.298. The van der Waals surface area contributed by atoms with Crippen molar-refractivity contribution in [3.8, 4) is 0 Å². The monoisotopic (exact) mass is 225 g/mol. The standard InChI is InChI=1S/C12H16ClNO/c13-10-7-9-5-6-14-11(12(9)15-10)8-3-1-2-4-8/h7-8,11,14H,1-6H2. The molecule has 82 valence electrons. The fourth-order valence-corrected chi connectivity index (χ4v) is 3.21. The van der Waals surface area contributed by atoms with Gasteiger partial charge in [-0.2, -0.15) is 0 Å². The molecule has 0 amide bonds. The van der Waals surface area contributed by atoms with E-state index in [0.29, 0.717) is 11.3 Å². The quantitative estimate of drug-likeness (QED) is 0.793. The highest BCUT2D eigenvalue weighted by Gasteiger charge is 2.32. The van der Waals surface area contributed by atoms with Gasteiger partial charge in [-0.05, 0) is 55.0 Å². The third-order valence-electron chi connectivity index (χ3n) is 3.72. The van der Waals surface area contributed by atoms with E-state index < -0.39 is 0 Å². The first-order chi connectivity index (χ1) is 7.34. The summed E-state index contributed by atoms with van der Waals surface area (Å²) in [7, 11) is 0. The van der Waals surface area contributed by atoms with E-state index in [1.54, 1.807) is 0 Å². The molecule has 1 atom stereocenters. The Balaban J connectivity index is 1.90. The predicted molar refractivity (Wildman–Crippen MR) is 60.1 cm³/mol. The molecule has 2 nitrogen and oxygen atoms in total. The Hall–Kier alpha value is -0.470. The van der Waals surface area contributed by atoms with Crippen molar-refractivity contribution in [3.63, 3.8) is 0 Å². The minimum atomic E-state index is 0.420. The number of halogens is 1. The fourth-order valence-electron chi connectivity index (χ4n) is 2.99. The zero-order valence-corrected chi connectivity index (χ0v) is 9.52. The molecule has 2 aliphatic rings. The molecule has 3 heteroatoms. The van der Waals surface area contributed by atoms with Crippen molar-refractivity contribution in [3.05, 3.63) is 22.6 Å². The second kappa shape index (κ2) is 3.84. The number of hydrogen-bond acceptors (Lipinski definition) is 2. The average molecular weight is 226 g/mol. The topological polar surface area (TPSA) is 25.2 Å². The van der Waals surface area contributed by atoms with Crippen LogP contribution in [0.25, 0.3) is 0 Å². The Bertz CT molecular complexity index is 355. The summed E-state index contributed by atoms with van der Waals surface area (Å²) in [6.45, 7) is 1.06. The number of furan rings is 1. The van der Waals surface area contributed by atoms with Crippen LogP contribution < -0.4 is 5.32 Å². The molecule has 1 aliphatic carbocycles. The van der Waals surface area contributed by atoms with Crippen molar-refractivity contribution in [2.24, 2.45) is 5.92 Å². The summed E-state index contributed by atoms with van der Waals surface area (Å²) in [5.41, 5.74) is 1.32. The molecule has 0 bridgehead atoms. The maximum Gasteiger partial charge on any atom is 0.193 e. The average Bonchev–Trinajstić information content (AvgIpc) is 2.82. The molecular weight excluding hydrogens is 210 g/mol. The van der Waals surface area contributed by atoms with Gasteiger partial charge in [0.2, 0.25) is 0 Å². The summed E-state index contributed by atoms with van der Waals surface area (Å²) in [5, 5.41) is 4.13. The van der Waals surface area contributed by atoms with Crippen molar-refractivity contribution in [1.82, 2.24) is 5.32 Å². The summed E-state index contributed by atoms with van der Waals surface area (Å²) in [6, 6.07) is 2.41. The molecule has 0 saturated heterocycles. The van der Waals surface area contributed by atoms with Crippen LogP contribution in [0.1, 0.15) is 43.0 Å². The highest BCUT2D eigenvalue weighted by Crippen LogP contribution is 2.40. The van der Waals surface area contributed by atoms with Gasteiger partial charge in [0, 0.05) is 0 Å². The van der Waals surface area contributed by atoms with Crippen LogP contribution in [0.15, 0.2) is 10.5 Å². The zero-order chi connectivity index (χ0) is 10.3. The molecule has 1 unspecified atom stereocenters. The normalized spacial score (nSPS) is 26.9. The van der Waals surface area contributed by atoms with Crippen molar-refractivity contribution >= 4 is 11.6 Å². The molecule has 1 aliphatic heterocycles. The van der Waals surface area contributed by atoms with E-state index in [2.05, 4.69) is 5.32 Å². The van der Waals surface area contributed by atoms with Gasteiger partial charge in [-0.3, -0.25) is 0 Å². The lowest BCUT2D eigenvalue weighted by atomic mass is 9.91. The van der Waals surface area contributed by atoms with Crippen LogP contribution in [0.2, 0.25) is 5.22 Å². The zero-order valence-electron chi connectivity index (χ0n) is 8.76. The molecule has 15 heavy (non-hydrogen) atoms. The Morgan fingerprint density at radius 1 is 1.33 bits per heavy atom. The molecule has 3 rings (SSSR count). The van der Waals surface area contributed by atoms with Crippen LogP contribution in [0.3, 0.4) is 0 Å². The fraction of sp³-hybridized carbons (Fsp3) is 0.667. The van der Waals surface area contributed by atoms with Gasteiger partial charge in [-0.25, -0.2) is 0 Å². The van der Waals surface area contributed by atoms with Gasteiger partial charge in [-0.1, -0.05) is 12.8 Å². The van der Waals surface area contributed by atoms with Gasteiger partial charge >= 0.3 is 0 Å². The first kappa shape index (κ1) is 9.73. The minimum Gasteiger partial charge on any atom is -0.448 e. The lowest BCUT2D eigenvalue weighted by Gasteiger charge is -2.27. The highest BCUT2D eigenvalue weighted by atomic mass is 35.5. The maximum absolute atomic E-state index is 5.93. The van der Waals surface area contributed by atoms with E-state index in [9.17, 15) is 0 Å². The third-order valence-corrected chi connectivity index (χ3v) is 3.91. The van der Waals surface area contributed by atoms with Gasteiger partial charge in [0.15, 0.2) is 5.22 Å². The second-order valence-corrected chi connectivity index (χ2v) is 5.04. The van der Waals surface area contributed by atoms with Gasteiger partial charge < -0.3 is 9.73 Å². The summed E-state index contributed by atoms with van der Waals surface area (Å²) in [4.78, 5) is 0. The van der Waals surface area contributed by atoms with Gasteiger partial charge in [0.05, 0.1) is 6.04 Å². The number of rotatable bonds is 1. The van der Waals surface area contributed by atoms with Crippen LogP contribution in [0.5, 0.6) is 0 Å². The summed E-state index contributed by atoms with van der Waals surface area (Å²) < 4.78 is 5.63. The van der Waals surface area contributed by atoms with Gasteiger partial charge in [-0.15, -0.1) is 0 Å². The highest BCUT2D eigenvalue weighted by molar-refractivity contribution is 6.28. The molecule has 1 fully saturated rings. The van der Waals surface area contributed by atoms with Crippen molar-refractivity contribution in [2.75, 3.05) is 6.54 Å². The Kier molecular flexibility index (Phi) is 2.49. The first-order valence-corrected chi connectivity index (χ1v) is 6.24. The summed E-state index contributed by atoms with van der Waals surface area (Å²) >= 11 is 5.93. The number of nitrogens with one attached hydrogen (secondary N) is 1. The Labute approximate surface area is 95.0 Å². The molecule has 2 heterocycles. The molecule has 1 aromatic rings. The van der Waals surface area contributed by atoms with E-state index in [1.807, 2.05) is 6.07 Å². The molecule has 1 aromatic heterocycles. The Morgan fingerprint density at radius 2 is 2.13 bits per heavy atom. The van der Waals surface area contributed by atoms with Crippen LogP contribution in [-0.4, -0.2) is 6.54 Å². The molecule has 1 N–H and O–H groups in total. The van der Waals surface area contributed by atoms with Crippen LogP contribution in [0, 0.1) is 5.92 Å². The third kappa shape index (κ3) is 1.70. The van der Waals surface area contributed by atoms with E-state index in [-0.39, 0.29) is 0 Å². The predicted octanol–water partition coefficient (Wildman–Crippen LogP) is 3.31. The van der Waals surface area contributed by atoms with Crippen LogP contribution in [-0.2, 0) is 6.42 Å². The summed E-state index contributed by atoms with van der Waals surface area (Å²) in [6.07, 6.45) is 6.44. The number of hydrogen-bond donors (Lipinski definition) is 1. The lowest BCUT2D eigenvalue weighted by Crippen LogP contribution is -2.33. The van der Waals surface area contributed by atoms with E-state index in [1.165, 1.54) is 31.2 Å². The van der Waals surface area contributed by atoms with Crippen molar-refractivity contribution in [2.45, 2.75) is 38.1 Å². The van der Waals surface area contributed by atoms with E-state index in [4.69, 9.17) is 16.0 Å². The second-order valence-electron chi connectivity index (χ2n) is 4.67. The SMILES string of the molecule is Clc1cc2c(o1)C(C1CCCC1)NCC2. The number of fused-ring (bicyclic) bond motifs is 1. The molecule has 1 saturated carbocycles. The van der Waals surface area contributed by atoms with Gasteiger partial charge in [0.1, 0.15) is 5.76 Å². The molecule has 0 spiro atoms.